The van der Waals surface area contributed by atoms with Crippen molar-refractivity contribution >= 4 is 16.7 Å². The highest BCUT2D eigenvalue weighted by atomic mass is 19.1. The predicted octanol–water partition coefficient (Wildman–Crippen LogP) is 3.14. The molecule has 0 saturated heterocycles. The van der Waals surface area contributed by atoms with Crippen molar-refractivity contribution in [2.75, 3.05) is 0 Å². The number of aromatic nitrogens is 2. The van der Waals surface area contributed by atoms with Gasteiger partial charge in [0.15, 0.2) is 5.78 Å². The van der Waals surface area contributed by atoms with Gasteiger partial charge in [0.05, 0.1) is 5.69 Å². The van der Waals surface area contributed by atoms with Gasteiger partial charge < -0.3 is 4.57 Å². The molecule has 0 aliphatic carbocycles. The second-order valence-electron chi connectivity index (χ2n) is 4.75. The standard InChI is InChI=1S/C16H13FN2O/c1-19-14-5-4-13(17)8-12(14)9-15(19)16(20)7-11-3-2-6-18-10-11/h2-6,8-10H,7H2,1H3. The quantitative estimate of drug-likeness (QED) is 0.684. The van der Waals surface area contributed by atoms with Crippen LogP contribution in [0.1, 0.15) is 16.1 Å². The van der Waals surface area contributed by atoms with E-state index in [1.54, 1.807) is 35.2 Å². The molecule has 2 aromatic heterocycles. The van der Waals surface area contributed by atoms with E-state index in [0.29, 0.717) is 12.1 Å². The maximum atomic E-state index is 13.2. The highest BCUT2D eigenvalue weighted by Gasteiger charge is 2.14. The van der Waals surface area contributed by atoms with Gasteiger partial charge in [0.1, 0.15) is 5.82 Å². The normalized spacial score (nSPS) is 10.9. The van der Waals surface area contributed by atoms with Crippen LogP contribution >= 0.6 is 0 Å². The fourth-order valence-corrected chi connectivity index (χ4v) is 2.37. The van der Waals surface area contributed by atoms with Gasteiger partial charge in [-0.1, -0.05) is 6.07 Å². The molecule has 0 bridgehead atoms. The van der Waals surface area contributed by atoms with Crippen LogP contribution < -0.4 is 0 Å². The minimum absolute atomic E-state index is 0.00268. The van der Waals surface area contributed by atoms with Crippen molar-refractivity contribution in [3.63, 3.8) is 0 Å². The number of hydrogen-bond acceptors (Lipinski definition) is 2. The molecule has 0 amide bonds. The first-order valence-electron chi connectivity index (χ1n) is 6.32. The van der Waals surface area contributed by atoms with E-state index in [9.17, 15) is 9.18 Å². The van der Waals surface area contributed by atoms with Gasteiger partial charge in [0, 0.05) is 36.8 Å². The number of carbonyl (C=O) groups excluding carboxylic acids is 1. The number of carbonyl (C=O) groups is 1. The van der Waals surface area contributed by atoms with E-state index in [1.807, 2.05) is 13.1 Å². The van der Waals surface area contributed by atoms with Crippen molar-refractivity contribution in [3.05, 3.63) is 65.9 Å². The highest BCUT2D eigenvalue weighted by Crippen LogP contribution is 2.21. The summed E-state index contributed by atoms with van der Waals surface area (Å²) in [6.07, 6.45) is 3.65. The maximum Gasteiger partial charge on any atom is 0.183 e. The summed E-state index contributed by atoms with van der Waals surface area (Å²) in [5.41, 5.74) is 2.30. The van der Waals surface area contributed by atoms with Gasteiger partial charge >= 0.3 is 0 Å². The molecule has 0 saturated carbocycles. The number of fused-ring (bicyclic) bond motifs is 1. The number of pyridine rings is 1. The minimum atomic E-state index is -0.297. The van der Waals surface area contributed by atoms with E-state index in [0.717, 1.165) is 16.5 Å². The summed E-state index contributed by atoms with van der Waals surface area (Å²) in [6, 6.07) is 9.93. The number of ketones is 1. The molecule has 0 unspecified atom stereocenters. The molecule has 20 heavy (non-hydrogen) atoms. The van der Waals surface area contributed by atoms with Crippen LogP contribution in [0.3, 0.4) is 0 Å². The summed E-state index contributed by atoms with van der Waals surface area (Å²) >= 11 is 0. The van der Waals surface area contributed by atoms with Gasteiger partial charge in [-0.2, -0.15) is 0 Å². The van der Waals surface area contributed by atoms with E-state index in [-0.39, 0.29) is 11.6 Å². The van der Waals surface area contributed by atoms with Crippen LogP contribution in [0.5, 0.6) is 0 Å². The summed E-state index contributed by atoms with van der Waals surface area (Å²) in [7, 11) is 1.82. The van der Waals surface area contributed by atoms with Crippen molar-refractivity contribution in [1.82, 2.24) is 9.55 Å². The number of hydrogen-bond donors (Lipinski definition) is 0. The Bertz CT molecular complexity index is 778. The molecule has 3 aromatic rings. The molecule has 0 spiro atoms. The average Bonchev–Trinajstić information content (AvgIpc) is 2.76. The van der Waals surface area contributed by atoms with Crippen LogP contribution in [0.25, 0.3) is 10.9 Å². The third-order valence-electron chi connectivity index (χ3n) is 3.38. The highest BCUT2D eigenvalue weighted by molar-refractivity contribution is 6.01. The third kappa shape index (κ3) is 2.20. The number of benzene rings is 1. The maximum absolute atomic E-state index is 13.2. The molecule has 0 aliphatic rings. The Kier molecular flexibility index (Phi) is 3.06. The molecule has 3 rings (SSSR count). The lowest BCUT2D eigenvalue weighted by atomic mass is 10.1. The van der Waals surface area contributed by atoms with Crippen molar-refractivity contribution in [1.29, 1.82) is 0 Å². The summed E-state index contributed by atoms with van der Waals surface area (Å²) in [4.78, 5) is 16.3. The van der Waals surface area contributed by atoms with Gasteiger partial charge in [-0.25, -0.2) is 4.39 Å². The van der Waals surface area contributed by atoms with Crippen LogP contribution in [0.4, 0.5) is 4.39 Å². The number of rotatable bonds is 3. The molecule has 0 radical (unpaired) electrons. The smallest absolute Gasteiger partial charge is 0.183 e. The van der Waals surface area contributed by atoms with Gasteiger partial charge in [-0.15, -0.1) is 0 Å². The predicted molar refractivity (Wildman–Crippen MR) is 75.1 cm³/mol. The minimum Gasteiger partial charge on any atom is -0.341 e. The molecule has 1 aromatic carbocycles. The van der Waals surface area contributed by atoms with Crippen molar-refractivity contribution in [2.45, 2.75) is 6.42 Å². The zero-order valence-corrected chi connectivity index (χ0v) is 11.0. The van der Waals surface area contributed by atoms with Crippen LogP contribution in [0.2, 0.25) is 0 Å². The lowest BCUT2D eigenvalue weighted by Crippen LogP contribution is -2.08. The molecule has 2 heterocycles. The molecule has 0 aliphatic heterocycles. The fourth-order valence-electron chi connectivity index (χ4n) is 2.37. The van der Waals surface area contributed by atoms with Crippen LogP contribution in [0.15, 0.2) is 48.8 Å². The fraction of sp³-hybridized carbons (Fsp3) is 0.125. The Balaban J connectivity index is 1.97. The largest absolute Gasteiger partial charge is 0.341 e. The Morgan fingerprint density at radius 3 is 2.90 bits per heavy atom. The average molecular weight is 268 g/mol. The molecule has 0 fully saturated rings. The van der Waals surface area contributed by atoms with E-state index < -0.39 is 0 Å². The summed E-state index contributed by atoms with van der Waals surface area (Å²) in [5.74, 6) is -0.300. The lowest BCUT2D eigenvalue weighted by molar-refractivity contribution is 0.0985. The zero-order chi connectivity index (χ0) is 14.1. The first kappa shape index (κ1) is 12.5. The molecule has 100 valence electrons. The monoisotopic (exact) mass is 268 g/mol. The SMILES string of the molecule is Cn1c(C(=O)Cc2cccnc2)cc2cc(F)ccc21. The van der Waals surface area contributed by atoms with Crippen molar-refractivity contribution < 1.29 is 9.18 Å². The van der Waals surface area contributed by atoms with E-state index >= 15 is 0 Å². The van der Waals surface area contributed by atoms with Gasteiger partial charge in [-0.3, -0.25) is 9.78 Å². The molecule has 3 nitrogen and oxygen atoms in total. The second-order valence-corrected chi connectivity index (χ2v) is 4.75. The Labute approximate surface area is 115 Å². The van der Waals surface area contributed by atoms with E-state index in [1.165, 1.54) is 12.1 Å². The van der Waals surface area contributed by atoms with Crippen LogP contribution in [-0.4, -0.2) is 15.3 Å². The number of halogens is 1. The number of aryl methyl sites for hydroxylation is 1. The van der Waals surface area contributed by atoms with Crippen LogP contribution in [-0.2, 0) is 13.5 Å². The molecule has 0 atom stereocenters. The summed E-state index contributed by atoms with van der Waals surface area (Å²) in [5, 5.41) is 0.738. The van der Waals surface area contributed by atoms with Crippen molar-refractivity contribution in [2.24, 2.45) is 7.05 Å². The van der Waals surface area contributed by atoms with E-state index in [2.05, 4.69) is 4.98 Å². The van der Waals surface area contributed by atoms with Gasteiger partial charge in [0.2, 0.25) is 0 Å². The third-order valence-corrected chi connectivity index (χ3v) is 3.38. The van der Waals surface area contributed by atoms with Gasteiger partial charge in [-0.05, 0) is 35.9 Å². The summed E-state index contributed by atoms with van der Waals surface area (Å²) in [6.45, 7) is 0. The van der Waals surface area contributed by atoms with E-state index in [4.69, 9.17) is 0 Å². The Hall–Kier alpha value is -2.49. The van der Waals surface area contributed by atoms with Crippen molar-refractivity contribution in [3.8, 4) is 0 Å². The Morgan fingerprint density at radius 2 is 2.15 bits per heavy atom. The molecule has 0 N–H and O–H groups in total. The number of nitrogens with zero attached hydrogens (tertiary/aromatic N) is 2. The molecule has 4 heteroatoms. The lowest BCUT2D eigenvalue weighted by Gasteiger charge is -2.03. The van der Waals surface area contributed by atoms with Gasteiger partial charge in [0.25, 0.3) is 0 Å². The zero-order valence-electron chi connectivity index (χ0n) is 11.0. The van der Waals surface area contributed by atoms with Crippen LogP contribution in [0, 0.1) is 5.82 Å². The topological polar surface area (TPSA) is 34.9 Å². The summed E-state index contributed by atoms with van der Waals surface area (Å²) < 4.78 is 15.0. The first-order valence-corrected chi connectivity index (χ1v) is 6.32. The Morgan fingerprint density at radius 1 is 1.30 bits per heavy atom. The second kappa shape index (κ2) is 4.89. The molecular weight excluding hydrogens is 255 g/mol. The molecular formula is C16H13FN2O. The first-order chi connectivity index (χ1) is 9.65. The number of Topliss-reactive ketones (excluding diaryl/α,β-unsaturated/α-hetero) is 1.